The molecule has 0 amide bonds. The molecule has 0 unspecified atom stereocenters. The van der Waals surface area contributed by atoms with Gasteiger partial charge in [0.1, 0.15) is 0 Å². The van der Waals surface area contributed by atoms with Crippen LogP contribution >= 0.6 is 0 Å². The third-order valence-corrected chi connectivity index (χ3v) is 1.92. The van der Waals surface area contributed by atoms with Crippen molar-refractivity contribution in [3.8, 4) is 0 Å². The summed E-state index contributed by atoms with van der Waals surface area (Å²) in [6.07, 6.45) is 24.0. The molecule has 1 radical (unpaired) electrons. The molecule has 1 aliphatic rings. The van der Waals surface area contributed by atoms with E-state index in [0.717, 1.165) is 25.7 Å². The highest BCUT2D eigenvalue weighted by molar-refractivity contribution is 5.11. The van der Waals surface area contributed by atoms with Gasteiger partial charge in [0, 0.05) is 0 Å². The normalized spacial score (nSPS) is 28.9. The zero-order valence-corrected chi connectivity index (χ0v) is 8.08. The molecule has 1 aliphatic carbocycles. The lowest BCUT2D eigenvalue weighted by Crippen LogP contribution is -1.70. The Hall–Kier alpha value is -1.04. The lowest BCUT2D eigenvalue weighted by Gasteiger charge is -1.88. The minimum Gasteiger partial charge on any atom is -0.0845 e. The minimum absolute atomic E-state index is 1.10. The molecule has 0 heterocycles. The molecule has 0 N–H and O–H groups in total. The van der Waals surface area contributed by atoms with Crippen molar-refractivity contribution in [1.29, 1.82) is 0 Å². The summed E-state index contributed by atoms with van der Waals surface area (Å²) in [5.74, 6) is 0. The summed E-state index contributed by atoms with van der Waals surface area (Å²) in [5.41, 5.74) is 0. The van der Waals surface area contributed by atoms with E-state index in [1.807, 2.05) is 0 Å². The molecular formula is C13H17. The van der Waals surface area contributed by atoms with Gasteiger partial charge in [0.25, 0.3) is 0 Å². The van der Waals surface area contributed by atoms with Crippen molar-refractivity contribution in [2.75, 3.05) is 0 Å². The highest BCUT2D eigenvalue weighted by Crippen LogP contribution is 2.00. The summed E-state index contributed by atoms with van der Waals surface area (Å²) < 4.78 is 0. The number of hydrogen-bond acceptors (Lipinski definition) is 0. The number of hydrogen-bond donors (Lipinski definition) is 0. The summed E-state index contributed by atoms with van der Waals surface area (Å²) >= 11 is 0. The first-order valence-electron chi connectivity index (χ1n) is 5.03. The molecule has 0 nitrogen and oxygen atoms in total. The third kappa shape index (κ3) is 6.15. The van der Waals surface area contributed by atoms with Crippen molar-refractivity contribution in [2.24, 2.45) is 0 Å². The minimum atomic E-state index is 1.10. The van der Waals surface area contributed by atoms with E-state index in [1.54, 1.807) is 0 Å². The monoisotopic (exact) mass is 173 g/mol. The fraction of sp³-hybridized carbons (Fsp3) is 0.385. The standard InChI is InChI=1S/C13H17/c1-2-4-6-8-10-12-13-11-9-7-5-3-1/h1-6,11H,7-10,12H2/b2-1+,5-3+,6-4-,13-11?. The van der Waals surface area contributed by atoms with Crippen molar-refractivity contribution in [2.45, 2.75) is 32.1 Å². The molecule has 0 aromatic carbocycles. The summed E-state index contributed by atoms with van der Waals surface area (Å²) in [7, 11) is 0. The Morgan fingerprint density at radius 3 is 2.38 bits per heavy atom. The van der Waals surface area contributed by atoms with E-state index >= 15 is 0 Å². The second kappa shape index (κ2) is 7.60. The maximum atomic E-state index is 3.31. The molecular weight excluding hydrogens is 156 g/mol. The molecule has 0 saturated heterocycles. The van der Waals surface area contributed by atoms with Crippen LogP contribution in [0.2, 0.25) is 0 Å². The van der Waals surface area contributed by atoms with Gasteiger partial charge in [0.15, 0.2) is 0 Å². The van der Waals surface area contributed by atoms with Crippen LogP contribution in [0.25, 0.3) is 0 Å². The Labute approximate surface area is 81.4 Å². The molecule has 0 fully saturated rings. The smallest absolute Gasteiger partial charge is 0.0276 e. The Kier molecular flexibility index (Phi) is 5.87. The van der Waals surface area contributed by atoms with E-state index in [4.69, 9.17) is 0 Å². The summed E-state index contributed by atoms with van der Waals surface area (Å²) in [6.45, 7) is 0. The van der Waals surface area contributed by atoms with Gasteiger partial charge in [0.05, 0.1) is 0 Å². The lowest BCUT2D eigenvalue weighted by atomic mass is 10.2. The highest BCUT2D eigenvalue weighted by atomic mass is 13.9. The van der Waals surface area contributed by atoms with Crippen LogP contribution in [0, 0.1) is 6.08 Å². The first-order chi connectivity index (χ1) is 6.50. The molecule has 1 rings (SSSR count). The summed E-state index contributed by atoms with van der Waals surface area (Å²) in [6, 6.07) is 0. The van der Waals surface area contributed by atoms with Crippen molar-refractivity contribution >= 4 is 0 Å². The molecule has 69 valence electrons. The summed E-state index contributed by atoms with van der Waals surface area (Å²) in [4.78, 5) is 0. The van der Waals surface area contributed by atoms with E-state index in [2.05, 4.69) is 48.6 Å². The maximum Gasteiger partial charge on any atom is -0.0276 e. The van der Waals surface area contributed by atoms with Crippen LogP contribution in [0.1, 0.15) is 32.1 Å². The van der Waals surface area contributed by atoms with Gasteiger partial charge in [0.2, 0.25) is 0 Å². The lowest BCUT2D eigenvalue weighted by molar-refractivity contribution is 0.848. The van der Waals surface area contributed by atoms with E-state index in [-0.39, 0.29) is 0 Å². The zero-order valence-electron chi connectivity index (χ0n) is 8.08. The molecule has 0 aromatic heterocycles. The van der Waals surface area contributed by atoms with Crippen molar-refractivity contribution in [3.05, 3.63) is 48.6 Å². The molecule has 0 aliphatic heterocycles. The van der Waals surface area contributed by atoms with Crippen molar-refractivity contribution < 1.29 is 0 Å². The first-order valence-corrected chi connectivity index (χ1v) is 5.03. The van der Waals surface area contributed by atoms with Gasteiger partial charge >= 0.3 is 0 Å². The van der Waals surface area contributed by atoms with Crippen molar-refractivity contribution in [3.63, 3.8) is 0 Å². The molecule has 13 heavy (non-hydrogen) atoms. The van der Waals surface area contributed by atoms with E-state index < -0.39 is 0 Å². The maximum absolute atomic E-state index is 3.31. The largest absolute Gasteiger partial charge is 0.0845 e. The van der Waals surface area contributed by atoms with Crippen LogP contribution in [0.4, 0.5) is 0 Å². The molecule has 0 spiro atoms. The predicted octanol–water partition coefficient (Wildman–Crippen LogP) is 3.98. The molecule has 0 bridgehead atoms. The Morgan fingerprint density at radius 2 is 1.54 bits per heavy atom. The summed E-state index contributed by atoms with van der Waals surface area (Å²) in [5, 5.41) is 0. The van der Waals surface area contributed by atoms with Crippen LogP contribution in [0.3, 0.4) is 0 Å². The van der Waals surface area contributed by atoms with Crippen LogP contribution in [0.15, 0.2) is 42.5 Å². The topological polar surface area (TPSA) is 0 Å². The average Bonchev–Trinajstić information content (AvgIpc) is 2.18. The average molecular weight is 173 g/mol. The number of allylic oxidation sites excluding steroid dienone is 8. The predicted molar refractivity (Wildman–Crippen MR) is 58.3 cm³/mol. The second-order valence-electron chi connectivity index (χ2n) is 3.12. The molecule has 0 atom stereocenters. The third-order valence-electron chi connectivity index (χ3n) is 1.92. The molecule has 0 aromatic rings. The second-order valence-corrected chi connectivity index (χ2v) is 3.12. The van der Waals surface area contributed by atoms with Gasteiger partial charge in [-0.25, -0.2) is 0 Å². The zero-order chi connectivity index (χ0) is 9.19. The van der Waals surface area contributed by atoms with Crippen LogP contribution < -0.4 is 0 Å². The van der Waals surface area contributed by atoms with Gasteiger partial charge < -0.3 is 0 Å². The van der Waals surface area contributed by atoms with E-state index in [0.29, 0.717) is 0 Å². The quantitative estimate of drug-likeness (QED) is 0.520. The van der Waals surface area contributed by atoms with Gasteiger partial charge in [-0.05, 0) is 38.2 Å². The van der Waals surface area contributed by atoms with Crippen LogP contribution in [0.5, 0.6) is 0 Å². The van der Waals surface area contributed by atoms with E-state index in [9.17, 15) is 0 Å². The van der Waals surface area contributed by atoms with E-state index in [1.165, 1.54) is 6.42 Å². The van der Waals surface area contributed by atoms with Gasteiger partial charge in [-0.15, -0.1) is 0 Å². The molecule has 0 saturated carbocycles. The Bertz CT molecular complexity index is 216. The highest BCUT2D eigenvalue weighted by Gasteiger charge is 1.81. The Morgan fingerprint density at radius 1 is 0.769 bits per heavy atom. The fourth-order valence-corrected chi connectivity index (χ4v) is 1.18. The first kappa shape index (κ1) is 10.0. The van der Waals surface area contributed by atoms with Gasteiger partial charge in [-0.1, -0.05) is 42.5 Å². The fourth-order valence-electron chi connectivity index (χ4n) is 1.18. The SMILES string of the molecule is [C]1=C/CC/C=C/C=C/C=C\CCC/1. The van der Waals surface area contributed by atoms with Crippen LogP contribution in [-0.4, -0.2) is 0 Å². The van der Waals surface area contributed by atoms with Gasteiger partial charge in [-0.3, -0.25) is 0 Å². The Balaban J connectivity index is 2.38. The number of rotatable bonds is 0. The van der Waals surface area contributed by atoms with Crippen LogP contribution in [-0.2, 0) is 0 Å². The molecule has 0 heteroatoms. The van der Waals surface area contributed by atoms with Crippen molar-refractivity contribution in [1.82, 2.24) is 0 Å². The van der Waals surface area contributed by atoms with Gasteiger partial charge in [-0.2, -0.15) is 0 Å².